The highest BCUT2D eigenvalue weighted by atomic mass is 35.5. The van der Waals surface area contributed by atoms with Crippen molar-refractivity contribution in [1.82, 2.24) is 14.7 Å². The van der Waals surface area contributed by atoms with E-state index in [-0.39, 0.29) is 40.9 Å². The van der Waals surface area contributed by atoms with Crippen molar-refractivity contribution in [2.45, 2.75) is 18.6 Å². The number of rotatable bonds is 3. The summed E-state index contributed by atoms with van der Waals surface area (Å²) in [7, 11) is 0. The van der Waals surface area contributed by atoms with Crippen molar-refractivity contribution in [3.8, 4) is 17.3 Å². The van der Waals surface area contributed by atoms with Gasteiger partial charge in [0, 0.05) is 11.3 Å². The second-order valence-electron chi connectivity index (χ2n) is 8.03. The van der Waals surface area contributed by atoms with Crippen LogP contribution >= 0.6 is 11.6 Å². The Morgan fingerprint density at radius 1 is 1.21 bits per heavy atom. The number of nitrogens with one attached hydrogen (secondary N) is 1. The summed E-state index contributed by atoms with van der Waals surface area (Å²) in [5, 5.41) is 16.3. The van der Waals surface area contributed by atoms with Crippen LogP contribution in [0.25, 0.3) is 11.3 Å². The number of nitrogens with zero attached hydrogens (tertiary/aromatic N) is 4. The van der Waals surface area contributed by atoms with E-state index in [1.54, 1.807) is 33.8 Å². The van der Waals surface area contributed by atoms with Crippen LogP contribution in [0, 0.1) is 17.1 Å². The van der Waals surface area contributed by atoms with Gasteiger partial charge < -0.3 is 20.7 Å². The minimum atomic E-state index is -0.721. The Balaban J connectivity index is 1.53. The quantitative estimate of drug-likeness (QED) is 0.594. The van der Waals surface area contributed by atoms with E-state index in [4.69, 9.17) is 27.3 Å². The number of nitrogens with two attached hydrogens (primary N) is 1. The predicted molar refractivity (Wildman–Crippen MR) is 121 cm³/mol. The molecule has 9 nitrogen and oxygen atoms in total. The standard InChI is InChI=1S/C23H18ClFN6O3/c24-15-7-13(3-6-16(15)25)21-20(22(27)32)17-9-30(18-10-34-11-19(18)31(17)29-21)23(33)28-14-4-1-12(8-26)2-5-14/h1-7,18-19H,9-11H2,(H2,27,32)(H,28,33). The fraction of sp³-hybridized carbons (Fsp3) is 0.217. The third-order valence-electron chi connectivity index (χ3n) is 6.03. The van der Waals surface area contributed by atoms with Crippen LogP contribution in [0.5, 0.6) is 0 Å². The van der Waals surface area contributed by atoms with E-state index < -0.39 is 11.7 Å². The summed E-state index contributed by atoms with van der Waals surface area (Å²) in [6, 6.07) is 11.5. The lowest BCUT2D eigenvalue weighted by Gasteiger charge is -2.37. The smallest absolute Gasteiger partial charge is 0.322 e. The zero-order valence-electron chi connectivity index (χ0n) is 17.7. The molecule has 3 amide bonds. The van der Waals surface area contributed by atoms with E-state index >= 15 is 0 Å². The van der Waals surface area contributed by atoms with Crippen LogP contribution in [0.4, 0.5) is 14.9 Å². The minimum absolute atomic E-state index is 0.0623. The molecule has 2 aromatic carbocycles. The first-order valence-electron chi connectivity index (χ1n) is 10.4. The van der Waals surface area contributed by atoms with Gasteiger partial charge in [0.1, 0.15) is 11.5 Å². The fourth-order valence-corrected chi connectivity index (χ4v) is 4.57. The number of aromatic nitrogens is 2. The summed E-state index contributed by atoms with van der Waals surface area (Å²) in [5.74, 6) is -1.31. The number of nitriles is 1. The number of fused-ring (bicyclic) bond motifs is 3. The first-order valence-corrected chi connectivity index (χ1v) is 10.8. The number of hydrogen-bond donors (Lipinski definition) is 2. The first-order chi connectivity index (χ1) is 16.4. The second kappa shape index (κ2) is 8.44. The average Bonchev–Trinajstić information content (AvgIpc) is 3.45. The molecule has 0 spiro atoms. The molecule has 0 bridgehead atoms. The summed E-state index contributed by atoms with van der Waals surface area (Å²) >= 11 is 5.95. The maximum Gasteiger partial charge on any atom is 0.322 e. The number of halogens is 2. The number of ether oxygens (including phenoxy) is 1. The van der Waals surface area contributed by atoms with Crippen molar-refractivity contribution in [3.05, 3.63) is 70.1 Å². The number of amides is 3. The Kier molecular flexibility index (Phi) is 5.43. The Morgan fingerprint density at radius 2 is 1.94 bits per heavy atom. The second-order valence-corrected chi connectivity index (χ2v) is 8.43. The van der Waals surface area contributed by atoms with Gasteiger partial charge in [-0.3, -0.25) is 9.48 Å². The SMILES string of the molecule is N#Cc1ccc(NC(=O)N2Cc3c(C(N)=O)c(-c4ccc(F)c(Cl)c4)nn3C3COCC32)cc1. The molecule has 0 aliphatic carbocycles. The van der Waals surface area contributed by atoms with Gasteiger partial charge in [0.15, 0.2) is 0 Å². The number of primary amides is 1. The third kappa shape index (κ3) is 3.65. The van der Waals surface area contributed by atoms with Gasteiger partial charge in [-0.05, 0) is 42.5 Å². The van der Waals surface area contributed by atoms with E-state index in [9.17, 15) is 14.0 Å². The lowest BCUT2D eigenvalue weighted by atomic mass is 10.0. The van der Waals surface area contributed by atoms with E-state index in [0.29, 0.717) is 35.7 Å². The van der Waals surface area contributed by atoms with Gasteiger partial charge in [0.25, 0.3) is 5.91 Å². The highest BCUT2D eigenvalue weighted by Gasteiger charge is 2.44. The fourth-order valence-electron chi connectivity index (χ4n) is 4.39. The molecule has 5 rings (SSSR count). The van der Waals surface area contributed by atoms with Crippen molar-refractivity contribution >= 4 is 29.2 Å². The average molecular weight is 481 g/mol. The molecule has 2 unspecified atom stereocenters. The van der Waals surface area contributed by atoms with Crippen molar-refractivity contribution in [2.75, 3.05) is 18.5 Å². The molecule has 2 aliphatic heterocycles. The molecule has 1 fully saturated rings. The van der Waals surface area contributed by atoms with Gasteiger partial charge in [-0.15, -0.1) is 0 Å². The van der Waals surface area contributed by atoms with Crippen LogP contribution in [-0.4, -0.2) is 45.9 Å². The number of carbonyl (C=O) groups is 2. The lowest BCUT2D eigenvalue weighted by Crippen LogP contribution is -2.50. The molecule has 2 aliphatic rings. The summed E-state index contributed by atoms with van der Waals surface area (Å²) in [6.45, 7) is 0.656. The van der Waals surface area contributed by atoms with Gasteiger partial charge >= 0.3 is 6.03 Å². The minimum Gasteiger partial charge on any atom is -0.377 e. The molecule has 172 valence electrons. The molecular weight excluding hydrogens is 463 g/mol. The number of carbonyl (C=O) groups excluding carboxylic acids is 2. The van der Waals surface area contributed by atoms with Crippen LogP contribution in [-0.2, 0) is 11.3 Å². The Hall–Kier alpha value is -3.94. The van der Waals surface area contributed by atoms with Crippen LogP contribution in [0.1, 0.15) is 27.7 Å². The van der Waals surface area contributed by atoms with Gasteiger partial charge in [-0.1, -0.05) is 11.6 Å². The maximum absolute atomic E-state index is 13.7. The van der Waals surface area contributed by atoms with Gasteiger partial charge in [0.2, 0.25) is 0 Å². The lowest BCUT2D eigenvalue weighted by molar-refractivity contribution is 0.0993. The first kappa shape index (κ1) is 21.9. The topological polar surface area (TPSA) is 126 Å². The molecule has 1 saturated heterocycles. The van der Waals surface area contributed by atoms with Crippen LogP contribution in [0.3, 0.4) is 0 Å². The largest absolute Gasteiger partial charge is 0.377 e. The zero-order chi connectivity index (χ0) is 24.0. The monoisotopic (exact) mass is 480 g/mol. The normalized spacial score (nSPS) is 18.7. The molecular formula is C23H18ClFN6O3. The number of hydrogen-bond acceptors (Lipinski definition) is 5. The predicted octanol–water partition coefficient (Wildman–Crippen LogP) is 3.30. The van der Waals surface area contributed by atoms with Crippen molar-refractivity contribution in [3.63, 3.8) is 0 Å². The highest BCUT2D eigenvalue weighted by Crippen LogP contribution is 2.37. The molecule has 3 heterocycles. The third-order valence-corrected chi connectivity index (χ3v) is 6.32. The van der Waals surface area contributed by atoms with Crippen molar-refractivity contribution < 1.29 is 18.7 Å². The number of benzene rings is 2. The molecule has 3 N–H and O–H groups in total. The van der Waals surface area contributed by atoms with Crippen LogP contribution in [0.15, 0.2) is 42.5 Å². The van der Waals surface area contributed by atoms with Gasteiger partial charge in [-0.25, -0.2) is 9.18 Å². The summed E-state index contributed by atoms with van der Waals surface area (Å²) < 4.78 is 21.0. The molecule has 1 aromatic heterocycles. The van der Waals surface area contributed by atoms with Crippen LogP contribution < -0.4 is 11.1 Å². The molecule has 11 heteroatoms. The summed E-state index contributed by atoms with van der Waals surface area (Å²) in [4.78, 5) is 27.3. The Labute approximate surface area is 198 Å². The summed E-state index contributed by atoms with van der Waals surface area (Å²) in [6.07, 6.45) is 0. The number of urea groups is 1. The summed E-state index contributed by atoms with van der Waals surface area (Å²) in [5.41, 5.74) is 8.03. The van der Waals surface area contributed by atoms with Crippen LogP contribution in [0.2, 0.25) is 5.02 Å². The molecule has 0 radical (unpaired) electrons. The van der Waals surface area contributed by atoms with Crippen molar-refractivity contribution in [1.29, 1.82) is 5.26 Å². The van der Waals surface area contributed by atoms with E-state index in [2.05, 4.69) is 10.4 Å². The van der Waals surface area contributed by atoms with E-state index in [0.717, 1.165) is 0 Å². The van der Waals surface area contributed by atoms with E-state index in [1.165, 1.54) is 18.2 Å². The molecule has 2 atom stereocenters. The molecule has 0 saturated carbocycles. The molecule has 34 heavy (non-hydrogen) atoms. The Bertz CT molecular complexity index is 1350. The number of anilines is 1. The van der Waals surface area contributed by atoms with Gasteiger partial charge in [0.05, 0.1) is 59.8 Å². The zero-order valence-corrected chi connectivity index (χ0v) is 18.4. The van der Waals surface area contributed by atoms with E-state index in [1.807, 2.05) is 6.07 Å². The van der Waals surface area contributed by atoms with Gasteiger partial charge in [-0.2, -0.15) is 10.4 Å². The molecule has 3 aromatic rings. The van der Waals surface area contributed by atoms with Crippen molar-refractivity contribution in [2.24, 2.45) is 5.73 Å². The Morgan fingerprint density at radius 3 is 2.62 bits per heavy atom. The maximum atomic E-state index is 13.7. The highest BCUT2D eigenvalue weighted by molar-refractivity contribution is 6.31.